The van der Waals surface area contributed by atoms with Crippen molar-refractivity contribution in [1.82, 2.24) is 4.98 Å². The van der Waals surface area contributed by atoms with E-state index in [0.717, 1.165) is 0 Å². The zero-order valence-corrected chi connectivity index (χ0v) is 14.0. The number of benzene rings is 2. The van der Waals surface area contributed by atoms with Gasteiger partial charge in [-0.3, -0.25) is 0 Å². The molecule has 2 aromatic carbocycles. The van der Waals surface area contributed by atoms with Crippen LogP contribution in [0.3, 0.4) is 0 Å². The molecule has 1 heterocycles. The Balaban J connectivity index is 2.09. The van der Waals surface area contributed by atoms with E-state index in [0.29, 0.717) is 0 Å². The van der Waals surface area contributed by atoms with E-state index in [1.807, 2.05) is 0 Å². The van der Waals surface area contributed by atoms with Gasteiger partial charge in [0.2, 0.25) is 0 Å². The summed E-state index contributed by atoms with van der Waals surface area (Å²) in [6.45, 7) is 11.5. The molecule has 1 heteroatoms. The summed E-state index contributed by atoms with van der Waals surface area (Å²) in [5, 5.41) is 1.36. The van der Waals surface area contributed by atoms with E-state index >= 15 is 0 Å². The van der Waals surface area contributed by atoms with E-state index in [2.05, 4.69) is 82.1 Å². The monoisotopic (exact) mass is 289 g/mol. The van der Waals surface area contributed by atoms with Crippen LogP contribution in [0, 0.1) is 0 Å². The Bertz CT molecular complexity index is 888. The Morgan fingerprint density at radius 3 is 2.41 bits per heavy atom. The zero-order chi connectivity index (χ0) is 15.7. The van der Waals surface area contributed by atoms with E-state index in [9.17, 15) is 0 Å². The Labute approximate surface area is 132 Å². The lowest BCUT2D eigenvalue weighted by molar-refractivity contribution is 0.591. The molecule has 4 rings (SSSR count). The van der Waals surface area contributed by atoms with E-state index < -0.39 is 0 Å². The first kappa shape index (κ1) is 13.6. The highest BCUT2D eigenvalue weighted by Crippen LogP contribution is 2.51. The molecule has 0 aliphatic heterocycles. The zero-order valence-electron chi connectivity index (χ0n) is 14.0. The van der Waals surface area contributed by atoms with Crippen LogP contribution in [0.1, 0.15) is 51.4 Å². The smallest absolute Gasteiger partial charge is 0.0463 e. The predicted octanol–water partition coefficient (Wildman–Crippen LogP) is 5.77. The summed E-state index contributed by atoms with van der Waals surface area (Å²) < 4.78 is 0. The standard InChI is InChI=1S/C21H23N/c1-20(2,3)13-10-11-17-15(12-13)18-14-8-6-7-9-16(14)21(4,5)19(18)22-17/h6-12,22H,1-5H3. The SMILES string of the molecule is CC(C)(C)c1ccc2[nH]c3c(c2c1)-c1ccccc1C3(C)C. The van der Waals surface area contributed by atoms with Crippen molar-refractivity contribution in [2.75, 3.05) is 0 Å². The number of fused-ring (bicyclic) bond motifs is 5. The number of aromatic amines is 1. The van der Waals surface area contributed by atoms with E-state index in [1.165, 1.54) is 38.9 Å². The van der Waals surface area contributed by atoms with E-state index in [-0.39, 0.29) is 10.8 Å². The topological polar surface area (TPSA) is 15.8 Å². The van der Waals surface area contributed by atoms with Crippen LogP contribution in [0.5, 0.6) is 0 Å². The van der Waals surface area contributed by atoms with Gasteiger partial charge < -0.3 is 4.98 Å². The van der Waals surface area contributed by atoms with Crippen molar-refractivity contribution in [2.24, 2.45) is 0 Å². The van der Waals surface area contributed by atoms with Gasteiger partial charge >= 0.3 is 0 Å². The highest BCUT2D eigenvalue weighted by Gasteiger charge is 2.38. The molecule has 1 N–H and O–H groups in total. The van der Waals surface area contributed by atoms with Gasteiger partial charge in [-0.25, -0.2) is 0 Å². The Morgan fingerprint density at radius 2 is 1.68 bits per heavy atom. The highest BCUT2D eigenvalue weighted by molar-refractivity contribution is 6.02. The number of hydrogen-bond donors (Lipinski definition) is 1. The number of nitrogens with one attached hydrogen (secondary N) is 1. The van der Waals surface area contributed by atoms with Crippen LogP contribution >= 0.6 is 0 Å². The second-order valence-electron chi connectivity index (χ2n) is 8.06. The average Bonchev–Trinajstić information content (AvgIpc) is 2.94. The highest BCUT2D eigenvalue weighted by atomic mass is 14.8. The average molecular weight is 289 g/mol. The van der Waals surface area contributed by atoms with E-state index in [1.54, 1.807) is 0 Å². The van der Waals surface area contributed by atoms with Gasteiger partial charge in [0, 0.05) is 27.6 Å². The molecule has 0 saturated carbocycles. The second-order valence-corrected chi connectivity index (χ2v) is 8.06. The van der Waals surface area contributed by atoms with Gasteiger partial charge in [0.25, 0.3) is 0 Å². The maximum atomic E-state index is 3.69. The fourth-order valence-corrected chi connectivity index (χ4v) is 3.79. The first-order valence-corrected chi connectivity index (χ1v) is 8.07. The molecule has 1 aliphatic carbocycles. The first-order valence-electron chi connectivity index (χ1n) is 8.07. The maximum absolute atomic E-state index is 3.69. The minimum absolute atomic E-state index is 0.0485. The van der Waals surface area contributed by atoms with Crippen molar-refractivity contribution in [1.29, 1.82) is 0 Å². The van der Waals surface area contributed by atoms with Crippen molar-refractivity contribution in [3.8, 4) is 11.1 Å². The molecule has 0 fully saturated rings. The molecule has 112 valence electrons. The van der Waals surface area contributed by atoms with Crippen LogP contribution in [0.2, 0.25) is 0 Å². The fourth-order valence-electron chi connectivity index (χ4n) is 3.79. The molecule has 1 nitrogen and oxygen atoms in total. The molecular weight excluding hydrogens is 266 g/mol. The van der Waals surface area contributed by atoms with Crippen LogP contribution in [0.25, 0.3) is 22.0 Å². The summed E-state index contributed by atoms with van der Waals surface area (Å²) in [6, 6.07) is 15.7. The first-order chi connectivity index (χ1) is 10.3. The third-order valence-electron chi connectivity index (χ3n) is 5.16. The van der Waals surface area contributed by atoms with Crippen molar-refractivity contribution in [3.63, 3.8) is 0 Å². The Hall–Kier alpha value is -2.02. The number of H-pyrrole nitrogens is 1. The maximum Gasteiger partial charge on any atom is 0.0463 e. The van der Waals surface area contributed by atoms with Gasteiger partial charge in [-0.15, -0.1) is 0 Å². The minimum Gasteiger partial charge on any atom is -0.357 e. The fraction of sp³-hybridized carbons (Fsp3) is 0.333. The molecular formula is C21H23N. The lowest BCUT2D eigenvalue weighted by Crippen LogP contribution is -2.15. The van der Waals surface area contributed by atoms with Gasteiger partial charge in [-0.1, -0.05) is 65.0 Å². The predicted molar refractivity (Wildman–Crippen MR) is 94.6 cm³/mol. The van der Waals surface area contributed by atoms with Crippen molar-refractivity contribution in [3.05, 3.63) is 59.3 Å². The molecule has 1 aliphatic rings. The molecule has 22 heavy (non-hydrogen) atoms. The molecule has 0 unspecified atom stereocenters. The molecule has 0 spiro atoms. The summed E-state index contributed by atoms with van der Waals surface area (Å²) in [6.07, 6.45) is 0. The summed E-state index contributed by atoms with van der Waals surface area (Å²) in [7, 11) is 0. The lowest BCUT2D eigenvalue weighted by Gasteiger charge is -2.20. The van der Waals surface area contributed by atoms with Gasteiger partial charge in [0.15, 0.2) is 0 Å². The summed E-state index contributed by atoms with van der Waals surface area (Å²) in [4.78, 5) is 3.69. The number of aromatic nitrogens is 1. The van der Waals surface area contributed by atoms with Gasteiger partial charge in [-0.05, 0) is 34.2 Å². The molecule has 1 aromatic heterocycles. The number of hydrogen-bond acceptors (Lipinski definition) is 0. The van der Waals surface area contributed by atoms with Crippen LogP contribution in [-0.4, -0.2) is 4.98 Å². The van der Waals surface area contributed by atoms with Gasteiger partial charge in [0.1, 0.15) is 0 Å². The van der Waals surface area contributed by atoms with Gasteiger partial charge in [-0.2, -0.15) is 0 Å². The third kappa shape index (κ3) is 1.65. The van der Waals surface area contributed by atoms with Crippen molar-refractivity contribution >= 4 is 10.9 Å². The normalized spacial score (nSPS) is 15.9. The molecule has 0 atom stereocenters. The lowest BCUT2D eigenvalue weighted by atomic mass is 9.85. The molecule has 0 saturated heterocycles. The minimum atomic E-state index is 0.0485. The molecule has 3 aromatic rings. The van der Waals surface area contributed by atoms with Crippen molar-refractivity contribution in [2.45, 2.75) is 45.4 Å². The van der Waals surface area contributed by atoms with Crippen LogP contribution in [0.15, 0.2) is 42.5 Å². The molecule has 0 radical (unpaired) electrons. The summed E-state index contributed by atoms with van der Waals surface area (Å²) >= 11 is 0. The van der Waals surface area contributed by atoms with Crippen LogP contribution < -0.4 is 0 Å². The summed E-state index contributed by atoms with van der Waals surface area (Å²) in [5.74, 6) is 0. The third-order valence-corrected chi connectivity index (χ3v) is 5.16. The summed E-state index contributed by atoms with van der Waals surface area (Å²) in [5.41, 5.74) is 8.44. The Morgan fingerprint density at radius 1 is 0.955 bits per heavy atom. The van der Waals surface area contributed by atoms with Gasteiger partial charge in [0.05, 0.1) is 0 Å². The van der Waals surface area contributed by atoms with Crippen LogP contribution in [0.4, 0.5) is 0 Å². The quantitative estimate of drug-likeness (QED) is 0.540. The van der Waals surface area contributed by atoms with Crippen molar-refractivity contribution < 1.29 is 0 Å². The van der Waals surface area contributed by atoms with E-state index in [4.69, 9.17) is 0 Å². The molecule has 0 amide bonds. The van der Waals surface area contributed by atoms with Crippen LogP contribution in [-0.2, 0) is 10.8 Å². The molecule has 0 bridgehead atoms. The largest absolute Gasteiger partial charge is 0.357 e. The Kier molecular flexibility index (Phi) is 2.50. The number of rotatable bonds is 0. The second kappa shape index (κ2) is 4.04.